The van der Waals surface area contributed by atoms with E-state index in [1.165, 1.54) is 6.42 Å². The van der Waals surface area contributed by atoms with E-state index in [0.29, 0.717) is 5.82 Å². The second kappa shape index (κ2) is 5.63. The van der Waals surface area contributed by atoms with E-state index in [-0.39, 0.29) is 0 Å². The third kappa shape index (κ3) is 3.17. The van der Waals surface area contributed by atoms with Gasteiger partial charge in [0.15, 0.2) is 0 Å². The van der Waals surface area contributed by atoms with Crippen LogP contribution in [0.3, 0.4) is 0 Å². The van der Waals surface area contributed by atoms with Crippen LogP contribution in [0.2, 0.25) is 0 Å². The molecule has 0 aliphatic carbocycles. The Kier molecular flexibility index (Phi) is 4.14. The van der Waals surface area contributed by atoms with Crippen LogP contribution in [0, 0.1) is 18.8 Å². The van der Waals surface area contributed by atoms with Gasteiger partial charge < -0.3 is 5.43 Å². The Hall–Kier alpha value is -1.20. The number of piperidine rings is 1. The zero-order valence-corrected chi connectivity index (χ0v) is 11.5. The SMILES string of the molecule is Cc1cc(NN)nc(CN2CCC(C)C(C)C2)n1. The highest BCUT2D eigenvalue weighted by atomic mass is 15.3. The molecule has 1 aromatic heterocycles. The molecule has 1 aliphatic rings. The predicted molar refractivity (Wildman–Crippen MR) is 72.8 cm³/mol. The third-order valence-corrected chi connectivity index (χ3v) is 3.83. The number of aryl methyl sites for hydroxylation is 1. The van der Waals surface area contributed by atoms with Crippen LogP contribution >= 0.6 is 0 Å². The van der Waals surface area contributed by atoms with Gasteiger partial charge in [-0.05, 0) is 31.7 Å². The molecular weight excluding hydrogens is 226 g/mol. The van der Waals surface area contributed by atoms with Crippen molar-refractivity contribution in [3.8, 4) is 0 Å². The molecule has 18 heavy (non-hydrogen) atoms. The molecule has 1 aliphatic heterocycles. The quantitative estimate of drug-likeness (QED) is 0.628. The fourth-order valence-electron chi connectivity index (χ4n) is 2.47. The first kappa shape index (κ1) is 13.2. The summed E-state index contributed by atoms with van der Waals surface area (Å²) in [5.41, 5.74) is 3.54. The highest BCUT2D eigenvalue weighted by molar-refractivity contribution is 5.33. The van der Waals surface area contributed by atoms with Crippen molar-refractivity contribution in [1.82, 2.24) is 14.9 Å². The fourth-order valence-corrected chi connectivity index (χ4v) is 2.47. The molecule has 1 fully saturated rings. The number of nitrogen functional groups attached to an aromatic ring is 1. The van der Waals surface area contributed by atoms with Crippen molar-refractivity contribution in [2.24, 2.45) is 17.7 Å². The fraction of sp³-hybridized carbons (Fsp3) is 0.692. The molecule has 0 saturated carbocycles. The first-order valence-corrected chi connectivity index (χ1v) is 6.62. The van der Waals surface area contributed by atoms with Crippen LogP contribution in [0.5, 0.6) is 0 Å². The number of nitrogens with zero attached hydrogens (tertiary/aromatic N) is 3. The molecule has 0 amide bonds. The van der Waals surface area contributed by atoms with Gasteiger partial charge in [0.2, 0.25) is 0 Å². The van der Waals surface area contributed by atoms with Gasteiger partial charge in [0.05, 0.1) is 6.54 Å². The number of aromatic nitrogens is 2. The molecule has 0 aromatic carbocycles. The molecule has 0 bridgehead atoms. The maximum atomic E-state index is 5.41. The maximum absolute atomic E-state index is 5.41. The zero-order valence-electron chi connectivity index (χ0n) is 11.5. The van der Waals surface area contributed by atoms with E-state index in [1.54, 1.807) is 0 Å². The summed E-state index contributed by atoms with van der Waals surface area (Å²) in [5.74, 6) is 8.52. The first-order valence-electron chi connectivity index (χ1n) is 6.62. The molecule has 5 heteroatoms. The van der Waals surface area contributed by atoms with Crippen molar-refractivity contribution in [3.05, 3.63) is 17.6 Å². The number of nitrogens with one attached hydrogen (secondary N) is 1. The van der Waals surface area contributed by atoms with Crippen molar-refractivity contribution >= 4 is 5.82 Å². The summed E-state index contributed by atoms with van der Waals surface area (Å²) in [6.45, 7) is 9.70. The van der Waals surface area contributed by atoms with Crippen LogP contribution in [-0.2, 0) is 6.54 Å². The van der Waals surface area contributed by atoms with E-state index in [1.807, 2.05) is 13.0 Å². The van der Waals surface area contributed by atoms with Crippen molar-refractivity contribution in [2.45, 2.75) is 33.7 Å². The Morgan fingerprint density at radius 1 is 1.39 bits per heavy atom. The second-order valence-corrected chi connectivity index (χ2v) is 5.43. The first-order chi connectivity index (χ1) is 8.58. The Morgan fingerprint density at radius 3 is 2.83 bits per heavy atom. The van der Waals surface area contributed by atoms with E-state index in [9.17, 15) is 0 Å². The molecule has 0 spiro atoms. The second-order valence-electron chi connectivity index (χ2n) is 5.43. The molecule has 5 nitrogen and oxygen atoms in total. The lowest BCUT2D eigenvalue weighted by atomic mass is 9.89. The van der Waals surface area contributed by atoms with E-state index in [4.69, 9.17) is 5.84 Å². The zero-order chi connectivity index (χ0) is 13.1. The van der Waals surface area contributed by atoms with Gasteiger partial charge in [0.1, 0.15) is 11.6 Å². The Morgan fingerprint density at radius 2 is 2.17 bits per heavy atom. The molecule has 2 rings (SSSR count). The predicted octanol–water partition coefficient (Wildman–Crippen LogP) is 1.55. The average molecular weight is 249 g/mol. The summed E-state index contributed by atoms with van der Waals surface area (Å²) in [6, 6.07) is 1.85. The lowest BCUT2D eigenvalue weighted by Gasteiger charge is -2.34. The summed E-state index contributed by atoms with van der Waals surface area (Å²) >= 11 is 0. The van der Waals surface area contributed by atoms with Crippen LogP contribution in [0.25, 0.3) is 0 Å². The van der Waals surface area contributed by atoms with Crippen molar-refractivity contribution < 1.29 is 0 Å². The van der Waals surface area contributed by atoms with Gasteiger partial charge in [-0.1, -0.05) is 13.8 Å². The average Bonchev–Trinajstić information content (AvgIpc) is 2.33. The van der Waals surface area contributed by atoms with E-state index in [2.05, 4.69) is 34.1 Å². The number of anilines is 1. The van der Waals surface area contributed by atoms with Gasteiger partial charge >= 0.3 is 0 Å². The van der Waals surface area contributed by atoms with Crippen molar-refractivity contribution in [2.75, 3.05) is 18.5 Å². The molecular formula is C13H23N5. The maximum Gasteiger partial charge on any atom is 0.145 e. The molecule has 3 N–H and O–H groups in total. The van der Waals surface area contributed by atoms with Gasteiger partial charge in [-0.25, -0.2) is 15.8 Å². The summed E-state index contributed by atoms with van der Waals surface area (Å²) in [5, 5.41) is 0. The normalized spacial score (nSPS) is 25.1. The summed E-state index contributed by atoms with van der Waals surface area (Å²) < 4.78 is 0. The minimum atomic E-state index is 0.691. The van der Waals surface area contributed by atoms with Crippen LogP contribution in [0.1, 0.15) is 31.8 Å². The molecule has 2 unspecified atom stereocenters. The highest BCUT2D eigenvalue weighted by Crippen LogP contribution is 2.23. The summed E-state index contributed by atoms with van der Waals surface area (Å²) in [7, 11) is 0. The highest BCUT2D eigenvalue weighted by Gasteiger charge is 2.23. The topological polar surface area (TPSA) is 67.1 Å². The van der Waals surface area contributed by atoms with Crippen molar-refractivity contribution in [1.29, 1.82) is 0 Å². The molecule has 1 aromatic rings. The van der Waals surface area contributed by atoms with Gasteiger partial charge in [0, 0.05) is 18.3 Å². The number of hydrogen-bond acceptors (Lipinski definition) is 5. The Balaban J connectivity index is 2.03. The molecule has 2 heterocycles. The minimum Gasteiger partial charge on any atom is -0.308 e. The third-order valence-electron chi connectivity index (χ3n) is 3.83. The number of nitrogens with two attached hydrogens (primary N) is 1. The summed E-state index contributed by atoms with van der Waals surface area (Å²) in [4.78, 5) is 11.3. The van der Waals surface area contributed by atoms with Gasteiger partial charge in [-0.3, -0.25) is 4.90 Å². The van der Waals surface area contributed by atoms with Gasteiger partial charge in [-0.2, -0.15) is 0 Å². The molecule has 2 atom stereocenters. The van der Waals surface area contributed by atoms with Crippen LogP contribution < -0.4 is 11.3 Å². The summed E-state index contributed by atoms with van der Waals surface area (Å²) in [6.07, 6.45) is 1.26. The Labute approximate surface area is 109 Å². The van der Waals surface area contributed by atoms with E-state index >= 15 is 0 Å². The van der Waals surface area contributed by atoms with Crippen LogP contribution in [0.15, 0.2) is 6.07 Å². The van der Waals surface area contributed by atoms with Crippen LogP contribution in [0.4, 0.5) is 5.82 Å². The number of rotatable bonds is 3. The number of hydrazine groups is 1. The Bertz CT molecular complexity index is 406. The molecule has 1 saturated heterocycles. The smallest absolute Gasteiger partial charge is 0.145 e. The standard InChI is InChI=1S/C13H23N5/c1-9-4-5-18(7-10(9)2)8-13-15-11(3)6-12(16-13)17-14/h6,9-10H,4-5,7-8,14H2,1-3H3,(H,15,16,17). The largest absolute Gasteiger partial charge is 0.308 e. The monoisotopic (exact) mass is 249 g/mol. The number of likely N-dealkylation sites (tertiary alicyclic amines) is 1. The number of hydrogen-bond donors (Lipinski definition) is 2. The van der Waals surface area contributed by atoms with Crippen molar-refractivity contribution in [3.63, 3.8) is 0 Å². The van der Waals surface area contributed by atoms with Crippen LogP contribution in [-0.4, -0.2) is 28.0 Å². The molecule has 100 valence electrons. The van der Waals surface area contributed by atoms with E-state index in [0.717, 1.165) is 43.0 Å². The minimum absolute atomic E-state index is 0.691. The van der Waals surface area contributed by atoms with E-state index < -0.39 is 0 Å². The lowest BCUT2D eigenvalue weighted by Crippen LogP contribution is -2.38. The molecule has 0 radical (unpaired) electrons. The van der Waals surface area contributed by atoms with Gasteiger partial charge in [0.25, 0.3) is 0 Å². The van der Waals surface area contributed by atoms with Gasteiger partial charge in [-0.15, -0.1) is 0 Å². The lowest BCUT2D eigenvalue weighted by molar-refractivity contribution is 0.129.